The maximum Gasteiger partial charge on any atom is 0.297 e. The van der Waals surface area contributed by atoms with Gasteiger partial charge in [0.25, 0.3) is 52.2 Å². The lowest BCUT2D eigenvalue weighted by Crippen LogP contribution is -2.27. The highest BCUT2D eigenvalue weighted by molar-refractivity contribution is 7.86. The summed E-state index contributed by atoms with van der Waals surface area (Å²) in [5, 5.41) is 25.4. The van der Waals surface area contributed by atoms with E-state index in [4.69, 9.17) is 0 Å². The van der Waals surface area contributed by atoms with E-state index >= 15 is 0 Å². The van der Waals surface area contributed by atoms with Crippen molar-refractivity contribution in [3.05, 3.63) is 111 Å². The second-order valence-electron chi connectivity index (χ2n) is 11.7. The Labute approximate surface area is 336 Å². The van der Waals surface area contributed by atoms with Crippen molar-refractivity contribution in [3.8, 4) is 6.01 Å². The first kappa shape index (κ1) is 44.2. The van der Waals surface area contributed by atoms with E-state index in [1.165, 1.54) is 30.4 Å². The zero-order chi connectivity index (χ0) is 44.4. The van der Waals surface area contributed by atoms with Crippen LogP contribution in [0.3, 0.4) is 0 Å². The maximum absolute atomic E-state index is 12.3. The van der Waals surface area contributed by atoms with E-state index in [-0.39, 0.29) is 33.9 Å². The standard InChI is InChI=1S/C31H25N9O16S4/c1-16(41)32-24-12-19(33-29-35-30(37-31(42)36-29)34-25-15-22(57(45,46)47)9-11-26(25)58(48,49)50)7-10-23(24)39-38-20-6-4-17(27(13-20)59(51,52)53)2-3-18-5-8-21(40(43)44)14-28(18)60(54,55)56/h2-15,38H,1H3,(H,45,46,47)(H,48,49,50)(H,51,52,53)(H,54,55,56)(H3,33,34,35,36,37,42)/b3-2+,32-24?,39-23?. The first-order valence-electron chi connectivity index (χ1n) is 15.7. The summed E-state index contributed by atoms with van der Waals surface area (Å²) in [4.78, 5) is 39.3. The number of rotatable bonds is 11. The highest BCUT2D eigenvalue weighted by atomic mass is 32.2. The molecule has 29 heteroatoms. The molecule has 0 bridgehead atoms. The third-order valence-corrected chi connectivity index (χ3v) is 11.0. The van der Waals surface area contributed by atoms with Gasteiger partial charge in [-0.3, -0.25) is 48.5 Å². The van der Waals surface area contributed by atoms with Crippen molar-refractivity contribution in [3.63, 3.8) is 0 Å². The maximum atomic E-state index is 12.3. The SMILES string of the molecule is CC(=O)N=C1C=C(N=c2nc(O)[nH]c(=Nc3cc(S(=O)(=O)O)ccc3S(=O)(=O)O)[nH]2)C=CC1=NNc1ccc(/C=C/c2ccc([N+](=O)[O-])cc2S(=O)(=O)O)c(S(=O)(=O)O)c1. The summed E-state index contributed by atoms with van der Waals surface area (Å²) in [6.07, 6.45) is 5.88. The number of H-pyrrole nitrogens is 2. The number of aliphatic imine (C=N–C) groups is 1. The Kier molecular flexibility index (Phi) is 12.4. The van der Waals surface area contributed by atoms with Gasteiger partial charge in [-0.2, -0.15) is 43.8 Å². The van der Waals surface area contributed by atoms with E-state index in [0.717, 1.165) is 37.3 Å². The van der Waals surface area contributed by atoms with Gasteiger partial charge in [0.05, 0.1) is 32.6 Å². The third-order valence-electron chi connectivity index (χ3n) is 7.41. The van der Waals surface area contributed by atoms with Crippen molar-refractivity contribution in [2.45, 2.75) is 26.5 Å². The molecule has 1 aliphatic rings. The van der Waals surface area contributed by atoms with Gasteiger partial charge in [-0.15, -0.1) is 0 Å². The molecule has 0 saturated carbocycles. The predicted octanol–water partition coefficient (Wildman–Crippen LogP) is 1.55. The van der Waals surface area contributed by atoms with Gasteiger partial charge in [0.1, 0.15) is 20.4 Å². The number of nitro benzene ring substituents is 1. The lowest BCUT2D eigenvalue weighted by atomic mass is 10.1. The molecule has 1 aromatic heterocycles. The summed E-state index contributed by atoms with van der Waals surface area (Å²) in [6, 6.07) is 7.04. The molecule has 0 fully saturated rings. The largest absolute Gasteiger partial charge is 0.480 e. The van der Waals surface area contributed by atoms with Crippen LogP contribution in [0.2, 0.25) is 0 Å². The molecule has 1 heterocycles. The summed E-state index contributed by atoms with van der Waals surface area (Å²) < 4.78 is 134. The molecule has 1 amide bonds. The summed E-state index contributed by atoms with van der Waals surface area (Å²) in [5.74, 6) is -0.710. The zero-order valence-electron chi connectivity index (χ0n) is 29.6. The first-order valence-corrected chi connectivity index (χ1v) is 21.5. The van der Waals surface area contributed by atoms with Crippen molar-refractivity contribution in [1.82, 2.24) is 15.0 Å². The Morgan fingerprint density at radius 3 is 1.97 bits per heavy atom. The molecule has 0 spiro atoms. The lowest BCUT2D eigenvalue weighted by molar-refractivity contribution is -0.385. The molecule has 3 aromatic carbocycles. The number of nitrogens with zero attached hydrogens (tertiary/aromatic N) is 6. The Bertz CT molecular complexity index is 3260. The van der Waals surface area contributed by atoms with E-state index in [1.807, 2.05) is 0 Å². The molecule has 314 valence electrons. The normalized spacial score (nSPS) is 15.8. The van der Waals surface area contributed by atoms with Crippen molar-refractivity contribution in [2.75, 3.05) is 5.43 Å². The number of carbonyl (C=O) groups is 1. The average Bonchev–Trinajstić information content (AvgIpc) is 3.11. The Morgan fingerprint density at radius 2 is 1.38 bits per heavy atom. The lowest BCUT2D eigenvalue weighted by Gasteiger charge is -2.10. The topological polar surface area (TPSA) is 404 Å². The monoisotopic (exact) mass is 907 g/mol. The van der Waals surface area contributed by atoms with E-state index in [9.17, 15) is 71.9 Å². The average molecular weight is 908 g/mol. The van der Waals surface area contributed by atoms with Gasteiger partial charge >= 0.3 is 0 Å². The highest BCUT2D eigenvalue weighted by Gasteiger charge is 2.22. The van der Waals surface area contributed by atoms with Crippen LogP contribution in [0.5, 0.6) is 6.01 Å². The molecule has 0 saturated heterocycles. The number of allylic oxidation sites excluding steroid dienone is 3. The predicted molar refractivity (Wildman–Crippen MR) is 206 cm³/mol. The van der Waals surface area contributed by atoms with Crippen molar-refractivity contribution >= 4 is 87.0 Å². The van der Waals surface area contributed by atoms with E-state index in [1.54, 1.807) is 0 Å². The van der Waals surface area contributed by atoms with Crippen LogP contribution in [0.15, 0.2) is 118 Å². The van der Waals surface area contributed by atoms with Crippen molar-refractivity contribution < 1.29 is 66.7 Å². The smallest absolute Gasteiger partial charge is 0.297 e. The second kappa shape index (κ2) is 16.8. The number of nitro groups is 1. The van der Waals surface area contributed by atoms with E-state index < -0.39 is 99.5 Å². The Morgan fingerprint density at radius 1 is 0.767 bits per heavy atom. The fourth-order valence-corrected chi connectivity index (χ4v) is 7.44. The summed E-state index contributed by atoms with van der Waals surface area (Å²) >= 11 is 0. The molecule has 0 unspecified atom stereocenters. The number of aromatic hydroxyl groups is 1. The molecule has 25 nitrogen and oxygen atoms in total. The van der Waals surface area contributed by atoms with Crippen LogP contribution in [-0.2, 0) is 45.3 Å². The number of non-ortho nitro benzene ring substituents is 1. The molecule has 0 radical (unpaired) electrons. The van der Waals surface area contributed by atoms with Gasteiger partial charge in [0, 0.05) is 19.1 Å². The third kappa shape index (κ3) is 11.2. The molecule has 1 aliphatic carbocycles. The first-order chi connectivity index (χ1) is 27.8. The summed E-state index contributed by atoms with van der Waals surface area (Å²) in [5.41, 5.74) is -0.417. The van der Waals surface area contributed by atoms with Crippen LogP contribution in [-0.4, -0.2) is 94.2 Å². The highest BCUT2D eigenvalue weighted by Crippen LogP contribution is 2.28. The molecular weight excluding hydrogens is 883 g/mol. The molecule has 4 aromatic rings. The second-order valence-corrected chi connectivity index (χ2v) is 17.3. The number of hydrogen-bond donors (Lipinski definition) is 8. The van der Waals surface area contributed by atoms with Crippen LogP contribution in [0, 0.1) is 10.1 Å². The number of benzene rings is 3. The Hall–Kier alpha value is -6.86. The number of hydrazone groups is 1. The molecule has 0 atom stereocenters. The van der Waals surface area contributed by atoms with Gasteiger partial charge in [0.2, 0.25) is 17.1 Å². The quantitative estimate of drug-likeness (QED) is 0.0348. The molecule has 0 aliphatic heterocycles. The summed E-state index contributed by atoms with van der Waals surface area (Å²) in [7, 11) is -19.8. The van der Waals surface area contributed by atoms with Gasteiger partial charge in [-0.05, 0) is 65.8 Å². The van der Waals surface area contributed by atoms with E-state index in [0.29, 0.717) is 24.3 Å². The van der Waals surface area contributed by atoms with Crippen LogP contribution in [0.4, 0.5) is 17.1 Å². The minimum absolute atomic E-state index is 0.00350. The summed E-state index contributed by atoms with van der Waals surface area (Å²) in [6.45, 7) is 1.10. The van der Waals surface area contributed by atoms with Crippen molar-refractivity contribution in [1.29, 1.82) is 0 Å². The minimum Gasteiger partial charge on any atom is -0.480 e. The number of amides is 1. The van der Waals surface area contributed by atoms with Crippen LogP contribution < -0.4 is 16.7 Å². The fourth-order valence-electron chi connectivity index (χ4n) is 4.92. The van der Waals surface area contributed by atoms with Crippen LogP contribution in [0.1, 0.15) is 18.1 Å². The number of aromatic amines is 2. The molecule has 8 N–H and O–H groups in total. The number of hydrogen-bond acceptors (Lipinski definition) is 17. The van der Waals surface area contributed by atoms with Gasteiger partial charge in [0.15, 0.2) is 0 Å². The number of nitrogens with one attached hydrogen (secondary N) is 3. The van der Waals surface area contributed by atoms with Crippen LogP contribution >= 0.6 is 0 Å². The van der Waals surface area contributed by atoms with E-state index in [2.05, 4.69) is 40.5 Å². The van der Waals surface area contributed by atoms with Gasteiger partial charge in [-0.1, -0.05) is 18.2 Å². The number of aromatic nitrogens is 3. The van der Waals surface area contributed by atoms with Crippen LogP contribution in [0.25, 0.3) is 12.2 Å². The van der Waals surface area contributed by atoms with Gasteiger partial charge in [-0.25, -0.2) is 15.0 Å². The van der Waals surface area contributed by atoms with Gasteiger partial charge < -0.3 is 5.11 Å². The number of anilines is 1. The minimum atomic E-state index is -4.99. The Balaban J connectivity index is 1.48. The fraction of sp³-hybridized carbons (Fsp3) is 0.0323. The van der Waals surface area contributed by atoms with Crippen molar-refractivity contribution in [2.24, 2.45) is 20.1 Å². The zero-order valence-corrected chi connectivity index (χ0v) is 32.9. The number of carbonyl (C=O) groups excluding carboxylic acids is 1. The molecular formula is C31H25N9O16S4. The molecule has 60 heavy (non-hydrogen) atoms. The molecule has 5 rings (SSSR count).